The van der Waals surface area contributed by atoms with E-state index in [0.717, 1.165) is 5.39 Å². The standard InChI is InChI=1S/C12H10N2O2S2/c13-10-3-4-11-9(8-10)5-6-14(11)18(15,16)12-2-1-7-17-12/h1-8H,13H2. The lowest BCUT2D eigenvalue weighted by molar-refractivity contribution is 0.591. The van der Waals surface area contributed by atoms with Gasteiger partial charge in [0.15, 0.2) is 0 Å². The summed E-state index contributed by atoms with van der Waals surface area (Å²) < 4.78 is 26.4. The summed E-state index contributed by atoms with van der Waals surface area (Å²) in [6.07, 6.45) is 1.55. The first-order chi connectivity index (χ1) is 8.59. The highest BCUT2D eigenvalue weighted by molar-refractivity contribution is 7.92. The van der Waals surface area contributed by atoms with E-state index in [1.165, 1.54) is 15.3 Å². The Bertz CT molecular complexity index is 802. The van der Waals surface area contributed by atoms with Crippen LogP contribution in [0.2, 0.25) is 0 Å². The maximum atomic E-state index is 12.4. The SMILES string of the molecule is Nc1ccc2c(ccn2S(=O)(=O)c2cccs2)c1. The largest absolute Gasteiger partial charge is 0.399 e. The fraction of sp³-hybridized carbons (Fsp3) is 0. The molecule has 0 unspecified atom stereocenters. The van der Waals surface area contributed by atoms with Crippen LogP contribution in [0.4, 0.5) is 5.69 Å². The smallest absolute Gasteiger partial charge is 0.277 e. The summed E-state index contributed by atoms with van der Waals surface area (Å²) in [5.41, 5.74) is 6.94. The van der Waals surface area contributed by atoms with Crippen molar-refractivity contribution in [2.45, 2.75) is 4.21 Å². The molecule has 0 atom stereocenters. The molecule has 0 bridgehead atoms. The summed E-state index contributed by atoms with van der Waals surface area (Å²) in [5.74, 6) is 0. The molecule has 0 aliphatic heterocycles. The molecule has 0 radical (unpaired) electrons. The molecule has 4 nitrogen and oxygen atoms in total. The van der Waals surface area contributed by atoms with Crippen LogP contribution >= 0.6 is 11.3 Å². The maximum absolute atomic E-state index is 12.4. The highest BCUT2D eigenvalue weighted by atomic mass is 32.2. The third kappa shape index (κ3) is 1.61. The van der Waals surface area contributed by atoms with Crippen LogP contribution in [0.15, 0.2) is 52.2 Å². The van der Waals surface area contributed by atoms with Gasteiger partial charge in [0.2, 0.25) is 0 Å². The lowest BCUT2D eigenvalue weighted by Gasteiger charge is -2.05. The molecule has 0 saturated carbocycles. The van der Waals surface area contributed by atoms with Crippen molar-refractivity contribution >= 4 is 38.0 Å². The average Bonchev–Trinajstić information content (AvgIpc) is 2.97. The van der Waals surface area contributed by atoms with Gasteiger partial charge in [0, 0.05) is 17.3 Å². The predicted molar refractivity (Wildman–Crippen MR) is 73.3 cm³/mol. The molecule has 3 aromatic rings. The van der Waals surface area contributed by atoms with Crippen molar-refractivity contribution in [3.8, 4) is 0 Å². The van der Waals surface area contributed by atoms with E-state index >= 15 is 0 Å². The summed E-state index contributed by atoms with van der Waals surface area (Å²) >= 11 is 1.21. The minimum Gasteiger partial charge on any atom is -0.399 e. The molecule has 92 valence electrons. The number of anilines is 1. The molecule has 0 aliphatic carbocycles. The molecule has 2 heterocycles. The van der Waals surface area contributed by atoms with Gasteiger partial charge in [-0.3, -0.25) is 0 Å². The van der Waals surface area contributed by atoms with Gasteiger partial charge >= 0.3 is 0 Å². The van der Waals surface area contributed by atoms with Crippen molar-refractivity contribution in [1.29, 1.82) is 0 Å². The Hall–Kier alpha value is -1.79. The van der Waals surface area contributed by atoms with E-state index in [9.17, 15) is 8.42 Å². The lowest BCUT2D eigenvalue weighted by atomic mass is 10.2. The second-order valence-corrected chi connectivity index (χ2v) is 6.86. The molecule has 18 heavy (non-hydrogen) atoms. The van der Waals surface area contributed by atoms with Crippen LogP contribution in [-0.2, 0) is 10.0 Å². The number of nitrogen functional groups attached to an aromatic ring is 1. The fourth-order valence-electron chi connectivity index (χ4n) is 1.85. The Balaban J connectivity index is 2.27. The number of thiophene rings is 1. The van der Waals surface area contributed by atoms with Crippen molar-refractivity contribution in [1.82, 2.24) is 3.97 Å². The van der Waals surface area contributed by atoms with E-state index in [1.807, 2.05) is 0 Å². The second kappa shape index (κ2) is 3.86. The summed E-state index contributed by atoms with van der Waals surface area (Å²) in [6, 6.07) is 10.2. The summed E-state index contributed by atoms with van der Waals surface area (Å²) in [6.45, 7) is 0. The van der Waals surface area contributed by atoms with Gasteiger partial charge in [-0.15, -0.1) is 11.3 Å². The highest BCUT2D eigenvalue weighted by Gasteiger charge is 2.19. The zero-order chi connectivity index (χ0) is 12.8. The molecule has 3 rings (SSSR count). The monoisotopic (exact) mass is 278 g/mol. The molecule has 0 aliphatic rings. The van der Waals surface area contributed by atoms with Crippen LogP contribution in [0.25, 0.3) is 10.9 Å². The third-order valence-electron chi connectivity index (χ3n) is 2.69. The Morgan fingerprint density at radius 1 is 1.17 bits per heavy atom. The minimum absolute atomic E-state index is 0.330. The number of fused-ring (bicyclic) bond motifs is 1. The van der Waals surface area contributed by atoms with Crippen molar-refractivity contribution in [3.63, 3.8) is 0 Å². The average molecular weight is 278 g/mol. The summed E-state index contributed by atoms with van der Waals surface area (Å²) in [4.78, 5) is 0. The number of nitrogens with two attached hydrogens (primary N) is 1. The first kappa shape index (κ1) is 11.3. The molecule has 2 aromatic heterocycles. The lowest BCUT2D eigenvalue weighted by Crippen LogP contribution is -2.10. The van der Waals surface area contributed by atoms with E-state index in [1.54, 1.807) is 48.0 Å². The molecule has 2 N–H and O–H groups in total. The fourth-order valence-corrected chi connectivity index (χ4v) is 4.29. The number of aromatic nitrogens is 1. The van der Waals surface area contributed by atoms with Gasteiger partial charge < -0.3 is 5.73 Å². The molecular formula is C12H10N2O2S2. The van der Waals surface area contributed by atoms with Gasteiger partial charge in [0.05, 0.1) is 5.52 Å². The quantitative estimate of drug-likeness (QED) is 0.732. The van der Waals surface area contributed by atoms with Crippen molar-refractivity contribution < 1.29 is 8.42 Å². The van der Waals surface area contributed by atoms with Gasteiger partial charge in [0.1, 0.15) is 4.21 Å². The van der Waals surface area contributed by atoms with Crippen LogP contribution < -0.4 is 5.73 Å². The van der Waals surface area contributed by atoms with Gasteiger partial charge in [-0.05, 0) is 35.7 Å². The zero-order valence-corrected chi connectivity index (χ0v) is 10.9. The van der Waals surface area contributed by atoms with E-state index in [0.29, 0.717) is 15.4 Å². The van der Waals surface area contributed by atoms with Crippen LogP contribution in [0.5, 0.6) is 0 Å². The minimum atomic E-state index is -3.50. The molecule has 0 spiro atoms. The topological polar surface area (TPSA) is 65.1 Å². The van der Waals surface area contributed by atoms with E-state index in [-0.39, 0.29) is 0 Å². The molecule has 0 amide bonds. The Morgan fingerprint density at radius 3 is 2.72 bits per heavy atom. The maximum Gasteiger partial charge on any atom is 0.277 e. The van der Waals surface area contributed by atoms with Crippen LogP contribution in [0.1, 0.15) is 0 Å². The molecular weight excluding hydrogens is 268 g/mol. The van der Waals surface area contributed by atoms with Crippen LogP contribution in [0.3, 0.4) is 0 Å². The molecule has 1 aromatic carbocycles. The molecule has 6 heteroatoms. The highest BCUT2D eigenvalue weighted by Crippen LogP contribution is 2.25. The first-order valence-corrected chi connectivity index (χ1v) is 7.57. The van der Waals surface area contributed by atoms with Gasteiger partial charge in [-0.1, -0.05) is 6.07 Å². The first-order valence-electron chi connectivity index (χ1n) is 5.25. The molecule has 0 saturated heterocycles. The van der Waals surface area contributed by atoms with Crippen molar-refractivity contribution in [2.75, 3.05) is 5.73 Å². The van der Waals surface area contributed by atoms with Crippen molar-refractivity contribution in [3.05, 3.63) is 48.0 Å². The number of hydrogen-bond donors (Lipinski definition) is 1. The third-order valence-corrected chi connectivity index (χ3v) is 5.75. The summed E-state index contributed by atoms with van der Waals surface area (Å²) in [5, 5.41) is 2.56. The van der Waals surface area contributed by atoms with E-state index in [2.05, 4.69) is 0 Å². The number of hydrogen-bond acceptors (Lipinski definition) is 4. The van der Waals surface area contributed by atoms with Crippen LogP contribution in [-0.4, -0.2) is 12.4 Å². The number of nitrogens with zero attached hydrogens (tertiary/aromatic N) is 1. The Kier molecular flexibility index (Phi) is 2.42. The van der Waals surface area contributed by atoms with E-state index in [4.69, 9.17) is 5.73 Å². The number of rotatable bonds is 2. The normalized spacial score (nSPS) is 12.0. The molecule has 0 fully saturated rings. The Labute approximate surface area is 108 Å². The van der Waals surface area contributed by atoms with Crippen LogP contribution in [0, 0.1) is 0 Å². The zero-order valence-electron chi connectivity index (χ0n) is 9.28. The van der Waals surface area contributed by atoms with Gasteiger partial charge in [-0.25, -0.2) is 3.97 Å². The predicted octanol–water partition coefficient (Wildman–Crippen LogP) is 2.52. The van der Waals surface area contributed by atoms with E-state index < -0.39 is 10.0 Å². The van der Waals surface area contributed by atoms with Gasteiger partial charge in [0.25, 0.3) is 10.0 Å². The second-order valence-electron chi connectivity index (χ2n) is 3.87. The van der Waals surface area contributed by atoms with Crippen molar-refractivity contribution in [2.24, 2.45) is 0 Å². The number of benzene rings is 1. The summed E-state index contributed by atoms with van der Waals surface area (Å²) in [7, 11) is -3.50. The Morgan fingerprint density at radius 2 is 2.00 bits per heavy atom. The van der Waals surface area contributed by atoms with Gasteiger partial charge in [-0.2, -0.15) is 8.42 Å².